The zero-order valence-corrected chi connectivity index (χ0v) is 12.4. The Morgan fingerprint density at radius 2 is 2.29 bits per heavy atom. The molecule has 2 heterocycles. The summed E-state index contributed by atoms with van der Waals surface area (Å²) in [4.78, 5) is 22.1. The minimum Gasteiger partial charge on any atom is -0.457 e. The summed E-state index contributed by atoms with van der Waals surface area (Å²) in [5.41, 5.74) is -0.101. The first-order chi connectivity index (χ1) is 9.97. The van der Waals surface area contributed by atoms with E-state index in [1.54, 1.807) is 13.0 Å². The first-order valence-corrected chi connectivity index (χ1v) is 7.40. The summed E-state index contributed by atoms with van der Waals surface area (Å²) in [5.74, 6) is 0.108. The maximum Gasteiger partial charge on any atom is 0.357 e. The van der Waals surface area contributed by atoms with E-state index in [4.69, 9.17) is 4.74 Å². The van der Waals surface area contributed by atoms with Crippen LogP contribution in [0.25, 0.3) is 0 Å². The van der Waals surface area contributed by atoms with Crippen LogP contribution in [0, 0.1) is 5.92 Å². The van der Waals surface area contributed by atoms with E-state index < -0.39 is 11.6 Å². The zero-order valence-electron chi connectivity index (χ0n) is 12.4. The van der Waals surface area contributed by atoms with Crippen molar-refractivity contribution in [3.8, 4) is 0 Å². The van der Waals surface area contributed by atoms with E-state index in [0.29, 0.717) is 25.6 Å². The molecular formula is C15H20FN3O2. The van der Waals surface area contributed by atoms with Gasteiger partial charge in [0.05, 0.1) is 5.69 Å². The van der Waals surface area contributed by atoms with Gasteiger partial charge in [-0.1, -0.05) is 6.92 Å². The Morgan fingerprint density at radius 1 is 1.52 bits per heavy atom. The number of ether oxygens (including phenoxy) is 1. The van der Waals surface area contributed by atoms with Crippen molar-refractivity contribution in [2.45, 2.75) is 45.0 Å². The fraction of sp³-hybridized carbons (Fsp3) is 0.667. The Morgan fingerprint density at radius 3 is 2.90 bits per heavy atom. The van der Waals surface area contributed by atoms with Gasteiger partial charge in [-0.15, -0.1) is 0 Å². The highest BCUT2D eigenvalue weighted by Gasteiger charge is 2.40. The van der Waals surface area contributed by atoms with Crippen molar-refractivity contribution in [2.75, 3.05) is 13.1 Å². The summed E-state index contributed by atoms with van der Waals surface area (Å²) >= 11 is 0. The largest absolute Gasteiger partial charge is 0.457 e. The quantitative estimate of drug-likeness (QED) is 0.777. The molecule has 0 radical (unpaired) electrons. The first-order valence-electron chi connectivity index (χ1n) is 7.40. The van der Waals surface area contributed by atoms with Gasteiger partial charge >= 0.3 is 5.97 Å². The zero-order chi connectivity index (χ0) is 15.0. The lowest BCUT2D eigenvalue weighted by Gasteiger charge is -2.41. The molecule has 1 aromatic rings. The third-order valence-corrected chi connectivity index (χ3v) is 4.07. The minimum atomic E-state index is -1.10. The molecule has 2 atom stereocenters. The molecule has 5 nitrogen and oxygen atoms in total. The molecule has 0 amide bonds. The molecule has 1 aliphatic carbocycles. The van der Waals surface area contributed by atoms with Crippen LogP contribution < -0.4 is 0 Å². The van der Waals surface area contributed by atoms with Gasteiger partial charge in [0.1, 0.15) is 18.1 Å². The summed E-state index contributed by atoms with van der Waals surface area (Å²) in [6, 6.07) is 1.64. The smallest absolute Gasteiger partial charge is 0.357 e. The van der Waals surface area contributed by atoms with Crippen LogP contribution in [0.4, 0.5) is 4.39 Å². The lowest BCUT2D eigenvalue weighted by molar-refractivity contribution is -0.0233. The molecule has 0 aromatic carbocycles. The van der Waals surface area contributed by atoms with E-state index in [9.17, 15) is 9.18 Å². The highest BCUT2D eigenvalue weighted by molar-refractivity contribution is 5.87. The van der Waals surface area contributed by atoms with Crippen molar-refractivity contribution in [1.29, 1.82) is 0 Å². The Labute approximate surface area is 123 Å². The molecule has 0 bridgehead atoms. The molecule has 2 aliphatic rings. The number of hydrogen-bond donors (Lipinski definition) is 0. The third-order valence-electron chi connectivity index (χ3n) is 4.07. The number of carbonyl (C=O) groups excluding carboxylic acids is 1. The Hall–Kier alpha value is -1.56. The van der Waals surface area contributed by atoms with E-state index >= 15 is 0 Å². The molecule has 1 saturated carbocycles. The average molecular weight is 293 g/mol. The van der Waals surface area contributed by atoms with Crippen LogP contribution in [0.5, 0.6) is 0 Å². The van der Waals surface area contributed by atoms with E-state index in [1.165, 1.54) is 6.33 Å². The number of alkyl halides is 1. The lowest BCUT2D eigenvalue weighted by atomic mass is 9.99. The van der Waals surface area contributed by atoms with Gasteiger partial charge < -0.3 is 4.74 Å². The van der Waals surface area contributed by atoms with Gasteiger partial charge in [-0.2, -0.15) is 0 Å². The van der Waals surface area contributed by atoms with Crippen LogP contribution in [0.1, 0.15) is 42.9 Å². The molecule has 1 aromatic heterocycles. The van der Waals surface area contributed by atoms with E-state index in [-0.39, 0.29) is 11.8 Å². The maximum atomic E-state index is 13.4. The van der Waals surface area contributed by atoms with Crippen molar-refractivity contribution in [2.24, 2.45) is 5.92 Å². The van der Waals surface area contributed by atoms with E-state index in [2.05, 4.69) is 16.9 Å². The molecule has 1 aliphatic heterocycles. The monoisotopic (exact) mass is 293 g/mol. The summed E-state index contributed by atoms with van der Waals surface area (Å²) in [6.45, 7) is 5.01. The molecule has 1 saturated heterocycles. The third kappa shape index (κ3) is 3.37. The number of carbonyl (C=O) groups is 1. The second kappa shape index (κ2) is 5.33. The second-order valence-corrected chi connectivity index (χ2v) is 6.30. The Balaban J connectivity index is 1.57. The number of rotatable bonds is 5. The number of hydrogen-bond acceptors (Lipinski definition) is 5. The van der Waals surface area contributed by atoms with Gasteiger partial charge in [-0.05, 0) is 31.7 Å². The molecule has 6 heteroatoms. The standard InChI is InChI=1S/C15H20FN3O2/c1-3-10-4-13(10)21-14(20)12-5-11(17-9-18-12)6-19-7-15(2,16)8-19/h5,9-10,13H,3-4,6-8H2,1-2H3. The normalized spacial score (nSPS) is 27.0. The molecule has 0 N–H and O–H groups in total. The van der Waals surface area contributed by atoms with Gasteiger partial charge in [0.15, 0.2) is 5.69 Å². The SMILES string of the molecule is CCC1CC1OC(=O)c1cc(CN2CC(C)(F)C2)ncn1. The van der Waals surface area contributed by atoms with Crippen molar-refractivity contribution >= 4 is 5.97 Å². The molecule has 2 unspecified atom stereocenters. The van der Waals surface area contributed by atoms with Crippen LogP contribution in [-0.4, -0.2) is 45.7 Å². The molecule has 114 valence electrons. The number of halogens is 1. The highest BCUT2D eigenvalue weighted by Crippen LogP contribution is 2.36. The predicted molar refractivity (Wildman–Crippen MR) is 74.4 cm³/mol. The molecule has 2 fully saturated rings. The number of esters is 1. The maximum absolute atomic E-state index is 13.4. The van der Waals surface area contributed by atoms with Crippen LogP contribution >= 0.6 is 0 Å². The summed E-state index contributed by atoms with van der Waals surface area (Å²) in [7, 11) is 0. The van der Waals surface area contributed by atoms with Gasteiger partial charge in [-0.3, -0.25) is 4.90 Å². The molecular weight excluding hydrogens is 273 g/mol. The molecule has 21 heavy (non-hydrogen) atoms. The Kier molecular flexibility index (Phi) is 3.65. The summed E-state index contributed by atoms with van der Waals surface area (Å²) in [6.07, 6.45) is 3.39. The van der Waals surface area contributed by atoms with Gasteiger partial charge in [0, 0.05) is 19.6 Å². The number of aromatic nitrogens is 2. The lowest BCUT2D eigenvalue weighted by Crippen LogP contribution is -2.56. The van der Waals surface area contributed by atoms with Crippen LogP contribution in [0.2, 0.25) is 0 Å². The topological polar surface area (TPSA) is 55.3 Å². The molecule has 3 rings (SSSR count). The number of likely N-dealkylation sites (tertiary alicyclic amines) is 1. The average Bonchev–Trinajstić information content (AvgIpc) is 3.15. The van der Waals surface area contributed by atoms with E-state index in [0.717, 1.165) is 18.5 Å². The van der Waals surface area contributed by atoms with Gasteiger partial charge in [0.2, 0.25) is 0 Å². The predicted octanol–water partition coefficient (Wildman–Crippen LogP) is 1.98. The van der Waals surface area contributed by atoms with Crippen molar-refractivity contribution in [3.05, 3.63) is 23.8 Å². The summed E-state index contributed by atoms with van der Waals surface area (Å²) < 4.78 is 18.8. The first kappa shape index (κ1) is 14.4. The molecule has 0 spiro atoms. The van der Waals surface area contributed by atoms with Crippen molar-refractivity contribution in [1.82, 2.24) is 14.9 Å². The van der Waals surface area contributed by atoms with Gasteiger partial charge in [0.25, 0.3) is 0 Å². The van der Waals surface area contributed by atoms with Crippen molar-refractivity contribution in [3.63, 3.8) is 0 Å². The van der Waals surface area contributed by atoms with Crippen LogP contribution in [0.15, 0.2) is 12.4 Å². The number of nitrogens with zero attached hydrogens (tertiary/aromatic N) is 3. The summed E-state index contributed by atoms with van der Waals surface area (Å²) in [5, 5.41) is 0. The fourth-order valence-corrected chi connectivity index (χ4v) is 2.81. The van der Waals surface area contributed by atoms with Crippen molar-refractivity contribution < 1.29 is 13.9 Å². The fourth-order valence-electron chi connectivity index (χ4n) is 2.81. The Bertz CT molecular complexity index is 541. The minimum absolute atomic E-state index is 0.0449. The highest BCUT2D eigenvalue weighted by atomic mass is 19.1. The second-order valence-electron chi connectivity index (χ2n) is 6.30. The van der Waals surface area contributed by atoms with Crippen LogP contribution in [-0.2, 0) is 11.3 Å². The van der Waals surface area contributed by atoms with Gasteiger partial charge in [-0.25, -0.2) is 19.2 Å². The van der Waals surface area contributed by atoms with E-state index in [1.807, 2.05) is 4.90 Å². The van der Waals surface area contributed by atoms with Crippen LogP contribution in [0.3, 0.4) is 0 Å².